The number of carbonyl (C=O) groups is 1. The molecule has 2 aromatic rings. The van der Waals surface area contributed by atoms with Crippen molar-refractivity contribution in [3.05, 3.63) is 72.6 Å². The molecule has 0 bridgehead atoms. The van der Waals surface area contributed by atoms with Crippen LogP contribution in [-0.4, -0.2) is 27.5 Å². The Hall–Kier alpha value is -3.22. The fourth-order valence-electron chi connectivity index (χ4n) is 1.91. The van der Waals surface area contributed by atoms with Crippen molar-refractivity contribution in [2.45, 2.75) is 13.8 Å². The second-order valence-corrected chi connectivity index (χ2v) is 5.24. The molecule has 0 radical (unpaired) electrons. The molecule has 7 heteroatoms. The molecule has 0 aliphatic rings. The fraction of sp³-hybridized carbons (Fsp3) is 0.167. The van der Waals surface area contributed by atoms with Gasteiger partial charge in [-0.15, -0.1) is 0 Å². The highest BCUT2D eigenvalue weighted by molar-refractivity contribution is 5.84. The molecule has 0 aliphatic heterocycles. The third-order valence-corrected chi connectivity index (χ3v) is 3.11. The number of hydrogen-bond donors (Lipinski definition) is 1. The van der Waals surface area contributed by atoms with Crippen molar-refractivity contribution >= 4 is 11.8 Å². The number of aromatic nitrogens is 3. The zero-order valence-electron chi connectivity index (χ0n) is 14.1. The first-order chi connectivity index (χ1) is 12.0. The summed E-state index contributed by atoms with van der Waals surface area (Å²) in [6, 6.07) is 4.26. The summed E-state index contributed by atoms with van der Waals surface area (Å²) in [5.41, 5.74) is 1.39. The van der Waals surface area contributed by atoms with Crippen molar-refractivity contribution in [1.29, 1.82) is 0 Å². The van der Waals surface area contributed by atoms with Crippen molar-refractivity contribution in [3.8, 4) is 5.69 Å². The number of amides is 1. The van der Waals surface area contributed by atoms with Gasteiger partial charge < -0.3 is 4.74 Å². The van der Waals surface area contributed by atoms with E-state index in [0.717, 1.165) is 5.57 Å². The summed E-state index contributed by atoms with van der Waals surface area (Å²) in [5.74, 6) is 0.00452. The van der Waals surface area contributed by atoms with Crippen LogP contribution in [-0.2, 0) is 4.74 Å². The van der Waals surface area contributed by atoms with Crippen LogP contribution in [0.4, 0.5) is 14.9 Å². The SMILES string of the molecule is C=C/C=C\C=C(/C)COC(=O)Nc1ccc(-n2cnc(C)n2)c(F)c1. The van der Waals surface area contributed by atoms with Gasteiger partial charge in [-0.25, -0.2) is 18.9 Å². The van der Waals surface area contributed by atoms with Crippen molar-refractivity contribution in [1.82, 2.24) is 14.8 Å². The third kappa shape index (κ3) is 5.42. The number of carbonyl (C=O) groups excluding carboxylic acids is 1. The summed E-state index contributed by atoms with van der Waals surface area (Å²) in [6.07, 6.45) is 7.78. The summed E-state index contributed by atoms with van der Waals surface area (Å²) in [7, 11) is 0. The van der Waals surface area contributed by atoms with E-state index in [4.69, 9.17) is 4.74 Å². The lowest BCUT2D eigenvalue weighted by Gasteiger charge is -2.09. The molecule has 0 atom stereocenters. The summed E-state index contributed by atoms with van der Waals surface area (Å²) in [4.78, 5) is 15.7. The summed E-state index contributed by atoms with van der Waals surface area (Å²) < 4.78 is 20.6. The van der Waals surface area contributed by atoms with Gasteiger partial charge in [0.1, 0.15) is 24.4 Å². The predicted octanol–water partition coefficient (Wildman–Crippen LogP) is 3.95. The maximum Gasteiger partial charge on any atom is 0.411 e. The van der Waals surface area contributed by atoms with Crippen LogP contribution in [0.2, 0.25) is 0 Å². The van der Waals surface area contributed by atoms with E-state index in [-0.39, 0.29) is 18.0 Å². The van der Waals surface area contributed by atoms with Crippen LogP contribution in [0.1, 0.15) is 12.7 Å². The van der Waals surface area contributed by atoms with Crippen molar-refractivity contribution in [3.63, 3.8) is 0 Å². The van der Waals surface area contributed by atoms with Crippen molar-refractivity contribution in [2.24, 2.45) is 0 Å². The molecule has 1 N–H and O–H groups in total. The first-order valence-corrected chi connectivity index (χ1v) is 7.56. The van der Waals surface area contributed by atoms with Crippen LogP contribution < -0.4 is 5.32 Å². The Morgan fingerprint density at radius 2 is 2.24 bits per heavy atom. The largest absolute Gasteiger partial charge is 0.445 e. The van der Waals surface area contributed by atoms with Crippen LogP contribution in [0.3, 0.4) is 0 Å². The molecule has 130 valence electrons. The monoisotopic (exact) mass is 342 g/mol. The van der Waals surface area contributed by atoms with Gasteiger partial charge in [0.05, 0.1) is 0 Å². The number of benzene rings is 1. The van der Waals surface area contributed by atoms with E-state index in [1.54, 1.807) is 31.2 Å². The number of nitrogens with zero attached hydrogens (tertiary/aromatic N) is 3. The van der Waals surface area contributed by atoms with Crippen molar-refractivity contribution < 1.29 is 13.9 Å². The number of ether oxygens (including phenoxy) is 1. The third-order valence-electron chi connectivity index (χ3n) is 3.11. The lowest BCUT2D eigenvalue weighted by Crippen LogP contribution is -2.15. The maximum absolute atomic E-state index is 14.2. The molecule has 6 nitrogen and oxygen atoms in total. The van der Waals surface area contributed by atoms with E-state index >= 15 is 0 Å². The zero-order valence-corrected chi connectivity index (χ0v) is 14.1. The van der Waals surface area contributed by atoms with E-state index in [1.807, 2.05) is 13.0 Å². The van der Waals surface area contributed by atoms with E-state index in [1.165, 1.54) is 23.1 Å². The Morgan fingerprint density at radius 1 is 1.44 bits per heavy atom. The average molecular weight is 342 g/mol. The van der Waals surface area contributed by atoms with Gasteiger partial charge in [-0.05, 0) is 37.6 Å². The maximum atomic E-state index is 14.2. The molecule has 0 unspecified atom stereocenters. The van der Waals surface area contributed by atoms with E-state index in [9.17, 15) is 9.18 Å². The first kappa shape index (κ1) is 18.1. The number of halogens is 1. The molecule has 1 amide bonds. The van der Waals surface area contributed by atoms with Crippen molar-refractivity contribution in [2.75, 3.05) is 11.9 Å². The molecule has 1 heterocycles. The van der Waals surface area contributed by atoms with Gasteiger partial charge in [-0.1, -0.05) is 30.9 Å². The highest BCUT2D eigenvalue weighted by Gasteiger charge is 2.10. The molecule has 25 heavy (non-hydrogen) atoms. The van der Waals surface area contributed by atoms with Gasteiger partial charge >= 0.3 is 6.09 Å². The molecule has 0 fully saturated rings. The van der Waals surface area contributed by atoms with Crippen LogP contribution in [0.5, 0.6) is 0 Å². The van der Waals surface area contributed by atoms with Gasteiger partial charge in [-0.2, -0.15) is 5.10 Å². The minimum absolute atomic E-state index is 0.131. The molecule has 0 saturated heterocycles. The number of nitrogens with one attached hydrogen (secondary N) is 1. The number of aryl methyl sites for hydroxylation is 1. The van der Waals surface area contributed by atoms with Crippen LogP contribution >= 0.6 is 0 Å². The Morgan fingerprint density at radius 3 is 2.88 bits per heavy atom. The van der Waals surface area contributed by atoms with E-state index in [0.29, 0.717) is 5.82 Å². The summed E-state index contributed by atoms with van der Waals surface area (Å²) in [5, 5.41) is 6.53. The van der Waals surface area contributed by atoms with Gasteiger partial charge in [0, 0.05) is 5.69 Å². The van der Waals surface area contributed by atoms with Crippen LogP contribution in [0, 0.1) is 12.7 Å². The lowest BCUT2D eigenvalue weighted by atomic mass is 10.2. The smallest absolute Gasteiger partial charge is 0.411 e. The quantitative estimate of drug-likeness (QED) is 0.807. The second-order valence-electron chi connectivity index (χ2n) is 5.24. The van der Waals surface area contributed by atoms with Gasteiger partial charge in [0.2, 0.25) is 0 Å². The summed E-state index contributed by atoms with van der Waals surface area (Å²) in [6.45, 7) is 7.23. The molecule has 1 aromatic heterocycles. The predicted molar refractivity (Wildman–Crippen MR) is 94.1 cm³/mol. The van der Waals surface area contributed by atoms with Crippen LogP contribution in [0.15, 0.2) is 61.0 Å². The molecule has 0 saturated carbocycles. The van der Waals surface area contributed by atoms with Gasteiger partial charge in [-0.3, -0.25) is 5.32 Å². The minimum atomic E-state index is -0.663. The average Bonchev–Trinajstić information content (AvgIpc) is 2.99. The van der Waals surface area contributed by atoms with Crippen LogP contribution in [0.25, 0.3) is 5.69 Å². The number of hydrogen-bond acceptors (Lipinski definition) is 4. The molecule has 0 aliphatic carbocycles. The normalized spacial score (nSPS) is 11.6. The highest BCUT2D eigenvalue weighted by Crippen LogP contribution is 2.17. The standard InChI is InChI=1S/C18H19FN4O2/c1-4-5-6-7-13(2)11-25-18(24)21-15-8-9-17(16(19)10-15)23-12-20-14(3)22-23/h4-10,12H,1,11H2,2-3H3,(H,21,24)/b6-5-,13-7+. The highest BCUT2D eigenvalue weighted by atomic mass is 19.1. The number of allylic oxidation sites excluding steroid dienone is 4. The second kappa shape index (κ2) is 8.58. The van der Waals surface area contributed by atoms with E-state index in [2.05, 4.69) is 22.0 Å². The molecular weight excluding hydrogens is 323 g/mol. The Bertz CT molecular complexity index is 824. The van der Waals surface area contributed by atoms with Gasteiger partial charge in [0.15, 0.2) is 5.82 Å². The number of rotatable bonds is 6. The molecule has 1 aromatic carbocycles. The Balaban J connectivity index is 1.95. The number of anilines is 1. The lowest BCUT2D eigenvalue weighted by molar-refractivity contribution is 0.171. The van der Waals surface area contributed by atoms with E-state index < -0.39 is 11.9 Å². The minimum Gasteiger partial charge on any atom is -0.445 e. The fourth-order valence-corrected chi connectivity index (χ4v) is 1.91. The molecular formula is C18H19FN4O2. The summed E-state index contributed by atoms with van der Waals surface area (Å²) >= 11 is 0. The van der Waals surface area contributed by atoms with Gasteiger partial charge in [0.25, 0.3) is 0 Å². The molecule has 2 rings (SSSR count). The first-order valence-electron chi connectivity index (χ1n) is 7.56. The zero-order chi connectivity index (χ0) is 18.2. The Kier molecular flexibility index (Phi) is 6.22. The molecule has 0 spiro atoms. The Labute approximate surface area is 145 Å². The topological polar surface area (TPSA) is 69.0 Å².